The summed E-state index contributed by atoms with van der Waals surface area (Å²) in [6, 6.07) is 4.35. The fraction of sp³-hybridized carbons (Fsp3) is 0.667. The Morgan fingerprint density at radius 3 is 2.39 bits per heavy atom. The Labute approximate surface area is 114 Å². The predicted octanol–water partition coefficient (Wildman–Crippen LogP) is 4.58. The average molecular weight is 268 g/mol. The number of hydrogen-bond acceptors (Lipinski definition) is 3. The molecule has 1 aromatic heterocycles. The Bertz CT molecular complexity index is 306. The quantitative estimate of drug-likeness (QED) is 0.458. The van der Waals surface area contributed by atoms with Crippen molar-refractivity contribution in [1.82, 2.24) is 0 Å². The molecule has 3 heteroatoms. The summed E-state index contributed by atoms with van der Waals surface area (Å²) in [7, 11) is 1.45. The average Bonchev–Trinajstić information content (AvgIpc) is 2.89. The second-order valence-electron chi connectivity index (χ2n) is 4.63. The minimum Gasteiger partial charge on any atom is -0.469 e. The van der Waals surface area contributed by atoms with Gasteiger partial charge in [0.25, 0.3) is 0 Å². The minimum absolute atomic E-state index is 0.0778. The minimum atomic E-state index is -0.0778. The molecule has 0 fully saturated rings. The number of carbonyl (C=O) groups excluding carboxylic acids is 1. The molecular weight excluding hydrogens is 244 g/mol. The maximum atomic E-state index is 10.9. The topological polar surface area (TPSA) is 26.3 Å². The number of methoxy groups -OCH3 is 1. The highest BCUT2D eigenvalue weighted by Crippen LogP contribution is 2.14. The summed E-state index contributed by atoms with van der Waals surface area (Å²) in [5.41, 5.74) is 0. The standard InChI is InChI=1S/C15H24O2S/c1-17-15(16)12-8-6-4-2-3-5-7-10-14-11-9-13-18-14/h9,11,13H,2-8,10,12H2,1H3. The van der Waals surface area contributed by atoms with Crippen LogP contribution in [-0.4, -0.2) is 13.1 Å². The molecule has 0 spiro atoms. The zero-order valence-corrected chi connectivity index (χ0v) is 12.1. The smallest absolute Gasteiger partial charge is 0.305 e. The van der Waals surface area contributed by atoms with E-state index in [1.807, 2.05) is 11.3 Å². The van der Waals surface area contributed by atoms with Gasteiger partial charge in [-0.25, -0.2) is 0 Å². The van der Waals surface area contributed by atoms with Gasteiger partial charge >= 0.3 is 5.97 Å². The number of unbranched alkanes of at least 4 members (excludes halogenated alkanes) is 6. The summed E-state index contributed by atoms with van der Waals surface area (Å²) in [4.78, 5) is 12.4. The van der Waals surface area contributed by atoms with Crippen molar-refractivity contribution in [2.75, 3.05) is 7.11 Å². The predicted molar refractivity (Wildman–Crippen MR) is 77.0 cm³/mol. The van der Waals surface area contributed by atoms with Gasteiger partial charge in [-0.3, -0.25) is 4.79 Å². The van der Waals surface area contributed by atoms with Gasteiger partial charge in [0.1, 0.15) is 0 Å². The van der Waals surface area contributed by atoms with Crippen molar-refractivity contribution in [3.63, 3.8) is 0 Å². The Kier molecular flexibility index (Phi) is 8.57. The second-order valence-corrected chi connectivity index (χ2v) is 5.66. The molecule has 0 aliphatic heterocycles. The van der Waals surface area contributed by atoms with E-state index < -0.39 is 0 Å². The molecule has 0 unspecified atom stereocenters. The number of aryl methyl sites for hydroxylation is 1. The van der Waals surface area contributed by atoms with E-state index in [0.717, 1.165) is 12.8 Å². The first-order chi connectivity index (χ1) is 8.83. The first-order valence-electron chi connectivity index (χ1n) is 6.92. The van der Waals surface area contributed by atoms with Crippen molar-refractivity contribution < 1.29 is 9.53 Å². The van der Waals surface area contributed by atoms with Crippen LogP contribution >= 0.6 is 11.3 Å². The van der Waals surface area contributed by atoms with E-state index >= 15 is 0 Å². The first kappa shape index (κ1) is 15.2. The molecule has 0 saturated heterocycles. The molecule has 18 heavy (non-hydrogen) atoms. The van der Waals surface area contributed by atoms with E-state index in [-0.39, 0.29) is 5.97 Å². The molecule has 0 atom stereocenters. The molecule has 1 heterocycles. The Hall–Kier alpha value is -0.830. The van der Waals surface area contributed by atoms with Gasteiger partial charge in [-0.05, 0) is 30.7 Å². The Balaban J connectivity index is 1.80. The number of esters is 1. The molecule has 0 aliphatic carbocycles. The van der Waals surface area contributed by atoms with Gasteiger partial charge < -0.3 is 4.74 Å². The number of ether oxygens (including phenoxy) is 1. The van der Waals surface area contributed by atoms with Crippen LogP contribution in [-0.2, 0) is 16.0 Å². The largest absolute Gasteiger partial charge is 0.469 e. The molecule has 1 rings (SSSR count). The highest BCUT2D eigenvalue weighted by Gasteiger charge is 1.99. The van der Waals surface area contributed by atoms with E-state index in [2.05, 4.69) is 22.2 Å². The summed E-state index contributed by atoms with van der Waals surface area (Å²) in [6.45, 7) is 0. The number of carbonyl (C=O) groups is 1. The van der Waals surface area contributed by atoms with Crippen LogP contribution in [0.25, 0.3) is 0 Å². The van der Waals surface area contributed by atoms with E-state index in [9.17, 15) is 4.79 Å². The van der Waals surface area contributed by atoms with E-state index in [1.54, 1.807) is 0 Å². The first-order valence-corrected chi connectivity index (χ1v) is 7.80. The fourth-order valence-electron chi connectivity index (χ4n) is 2.01. The molecule has 0 aliphatic rings. The molecule has 2 nitrogen and oxygen atoms in total. The van der Waals surface area contributed by atoms with Crippen LogP contribution in [0.3, 0.4) is 0 Å². The third-order valence-electron chi connectivity index (χ3n) is 3.11. The van der Waals surface area contributed by atoms with Gasteiger partial charge in [0.15, 0.2) is 0 Å². The zero-order valence-electron chi connectivity index (χ0n) is 11.3. The summed E-state index contributed by atoms with van der Waals surface area (Å²) in [5.74, 6) is -0.0778. The zero-order chi connectivity index (χ0) is 13.1. The molecule has 102 valence electrons. The second kappa shape index (κ2) is 10.1. The molecule has 0 saturated carbocycles. The third-order valence-corrected chi connectivity index (χ3v) is 4.05. The summed E-state index contributed by atoms with van der Waals surface area (Å²) in [6.07, 6.45) is 10.4. The lowest BCUT2D eigenvalue weighted by Gasteiger charge is -2.01. The third kappa shape index (κ3) is 7.49. The molecule has 0 radical (unpaired) electrons. The van der Waals surface area contributed by atoms with Crippen LogP contribution in [0.15, 0.2) is 17.5 Å². The molecular formula is C15H24O2S. The Morgan fingerprint density at radius 2 is 1.78 bits per heavy atom. The van der Waals surface area contributed by atoms with E-state index in [4.69, 9.17) is 0 Å². The van der Waals surface area contributed by atoms with E-state index in [1.165, 1.54) is 50.5 Å². The van der Waals surface area contributed by atoms with Gasteiger partial charge in [-0.15, -0.1) is 11.3 Å². The fourth-order valence-corrected chi connectivity index (χ4v) is 2.76. The van der Waals surface area contributed by atoms with Crippen LogP contribution < -0.4 is 0 Å². The van der Waals surface area contributed by atoms with Gasteiger partial charge in [-0.1, -0.05) is 38.2 Å². The van der Waals surface area contributed by atoms with Crippen LogP contribution in [0.2, 0.25) is 0 Å². The van der Waals surface area contributed by atoms with Crippen molar-refractivity contribution in [3.8, 4) is 0 Å². The van der Waals surface area contributed by atoms with Crippen LogP contribution in [0, 0.1) is 0 Å². The normalized spacial score (nSPS) is 10.5. The van der Waals surface area contributed by atoms with Crippen molar-refractivity contribution in [2.24, 2.45) is 0 Å². The lowest BCUT2D eigenvalue weighted by atomic mass is 10.1. The van der Waals surface area contributed by atoms with Gasteiger partial charge in [0.05, 0.1) is 7.11 Å². The molecule has 0 aromatic carbocycles. The number of rotatable bonds is 10. The molecule has 1 aromatic rings. The van der Waals surface area contributed by atoms with E-state index in [0.29, 0.717) is 6.42 Å². The summed E-state index contributed by atoms with van der Waals surface area (Å²) in [5, 5.41) is 2.15. The maximum absolute atomic E-state index is 10.9. The number of thiophene rings is 1. The molecule has 0 amide bonds. The summed E-state index contributed by atoms with van der Waals surface area (Å²) >= 11 is 1.86. The SMILES string of the molecule is COC(=O)CCCCCCCCCc1cccs1. The highest BCUT2D eigenvalue weighted by molar-refractivity contribution is 7.09. The van der Waals surface area contributed by atoms with Gasteiger partial charge in [-0.2, -0.15) is 0 Å². The summed E-state index contributed by atoms with van der Waals surface area (Å²) < 4.78 is 4.61. The van der Waals surface area contributed by atoms with Crippen LogP contribution in [0.4, 0.5) is 0 Å². The molecule has 0 N–H and O–H groups in total. The van der Waals surface area contributed by atoms with Crippen LogP contribution in [0.1, 0.15) is 56.2 Å². The Morgan fingerprint density at radius 1 is 1.11 bits per heavy atom. The lowest BCUT2D eigenvalue weighted by Crippen LogP contribution is -1.99. The van der Waals surface area contributed by atoms with Crippen molar-refractivity contribution in [2.45, 2.75) is 57.8 Å². The molecule has 0 bridgehead atoms. The lowest BCUT2D eigenvalue weighted by molar-refractivity contribution is -0.140. The van der Waals surface area contributed by atoms with Crippen molar-refractivity contribution in [1.29, 1.82) is 0 Å². The van der Waals surface area contributed by atoms with Gasteiger partial charge in [0, 0.05) is 11.3 Å². The van der Waals surface area contributed by atoms with Crippen molar-refractivity contribution >= 4 is 17.3 Å². The van der Waals surface area contributed by atoms with Gasteiger partial charge in [0.2, 0.25) is 0 Å². The maximum Gasteiger partial charge on any atom is 0.305 e. The number of hydrogen-bond donors (Lipinski definition) is 0. The van der Waals surface area contributed by atoms with Crippen molar-refractivity contribution in [3.05, 3.63) is 22.4 Å². The monoisotopic (exact) mass is 268 g/mol. The van der Waals surface area contributed by atoms with Crippen LogP contribution in [0.5, 0.6) is 0 Å². The highest BCUT2D eigenvalue weighted by atomic mass is 32.1.